The molecule has 0 atom stereocenters. The second-order valence-electron chi connectivity index (χ2n) is 5.05. The quantitative estimate of drug-likeness (QED) is 0.568. The standard InChI is InChI=1S/C17H15Cl2FN2O2S/c18-12-6-7-13(19)15(9-12)25-10-17(24)22-21-16(23)8-5-11-3-1-2-4-14(11)20/h1-4,6-7,9H,5,8,10H2,(H,21,23)(H,22,24). The fourth-order valence-corrected chi connectivity index (χ4v) is 3.21. The number of amides is 2. The Morgan fingerprint density at radius 3 is 2.52 bits per heavy atom. The highest BCUT2D eigenvalue weighted by Crippen LogP contribution is 2.29. The molecule has 0 heterocycles. The Kier molecular flexibility index (Phi) is 7.55. The van der Waals surface area contributed by atoms with E-state index in [9.17, 15) is 14.0 Å². The van der Waals surface area contributed by atoms with E-state index in [0.29, 0.717) is 20.5 Å². The van der Waals surface area contributed by atoms with Crippen molar-refractivity contribution >= 4 is 46.8 Å². The summed E-state index contributed by atoms with van der Waals surface area (Å²) in [6.07, 6.45) is 0.315. The Morgan fingerprint density at radius 1 is 1.04 bits per heavy atom. The number of nitrogens with one attached hydrogen (secondary N) is 2. The zero-order valence-corrected chi connectivity index (χ0v) is 15.3. The van der Waals surface area contributed by atoms with Crippen LogP contribution in [0, 0.1) is 5.82 Å². The number of halogens is 3. The molecule has 132 valence electrons. The van der Waals surface area contributed by atoms with Crippen molar-refractivity contribution in [3.63, 3.8) is 0 Å². The topological polar surface area (TPSA) is 58.2 Å². The third-order valence-corrected chi connectivity index (χ3v) is 4.90. The SMILES string of the molecule is O=C(CCc1ccccc1F)NNC(=O)CSc1cc(Cl)ccc1Cl. The molecular weight excluding hydrogens is 386 g/mol. The van der Waals surface area contributed by atoms with Crippen molar-refractivity contribution in [2.24, 2.45) is 0 Å². The van der Waals surface area contributed by atoms with Gasteiger partial charge in [-0.15, -0.1) is 11.8 Å². The Hall–Kier alpha value is -1.76. The molecule has 0 fully saturated rings. The van der Waals surface area contributed by atoms with Gasteiger partial charge in [0, 0.05) is 16.3 Å². The van der Waals surface area contributed by atoms with Gasteiger partial charge in [0.15, 0.2) is 0 Å². The monoisotopic (exact) mass is 400 g/mol. The van der Waals surface area contributed by atoms with Gasteiger partial charge in [-0.3, -0.25) is 20.4 Å². The normalized spacial score (nSPS) is 10.4. The maximum atomic E-state index is 13.5. The summed E-state index contributed by atoms with van der Waals surface area (Å²) in [4.78, 5) is 24.2. The smallest absolute Gasteiger partial charge is 0.248 e. The zero-order valence-electron chi connectivity index (χ0n) is 13.0. The number of carbonyl (C=O) groups excluding carboxylic acids is 2. The number of carbonyl (C=O) groups is 2. The summed E-state index contributed by atoms with van der Waals surface area (Å²) in [7, 11) is 0. The van der Waals surface area contributed by atoms with Crippen LogP contribution in [0.15, 0.2) is 47.4 Å². The number of thioether (sulfide) groups is 1. The van der Waals surface area contributed by atoms with Gasteiger partial charge in [0.25, 0.3) is 0 Å². The van der Waals surface area contributed by atoms with Gasteiger partial charge in [-0.2, -0.15) is 0 Å². The van der Waals surface area contributed by atoms with Crippen LogP contribution >= 0.6 is 35.0 Å². The molecule has 8 heteroatoms. The van der Waals surface area contributed by atoms with E-state index in [2.05, 4.69) is 10.9 Å². The minimum Gasteiger partial charge on any atom is -0.273 e. The third-order valence-electron chi connectivity index (χ3n) is 3.17. The molecule has 0 aliphatic heterocycles. The Labute approximate surface area is 159 Å². The highest BCUT2D eigenvalue weighted by molar-refractivity contribution is 8.00. The van der Waals surface area contributed by atoms with Crippen molar-refractivity contribution in [2.45, 2.75) is 17.7 Å². The number of hydrogen-bond donors (Lipinski definition) is 2. The van der Waals surface area contributed by atoms with Gasteiger partial charge in [0.05, 0.1) is 10.8 Å². The Bertz CT molecular complexity index is 774. The van der Waals surface area contributed by atoms with Gasteiger partial charge in [-0.25, -0.2) is 4.39 Å². The second kappa shape index (κ2) is 9.65. The van der Waals surface area contributed by atoms with E-state index in [0.717, 1.165) is 0 Å². The minimum absolute atomic E-state index is 0.0632. The number of benzene rings is 2. The molecule has 25 heavy (non-hydrogen) atoms. The summed E-state index contributed by atoms with van der Waals surface area (Å²) in [5.74, 6) is -1.08. The molecule has 2 aromatic rings. The van der Waals surface area contributed by atoms with Gasteiger partial charge < -0.3 is 0 Å². The molecule has 0 unspecified atom stereocenters. The molecule has 2 amide bonds. The van der Waals surface area contributed by atoms with Crippen LogP contribution in [0.2, 0.25) is 10.0 Å². The van der Waals surface area contributed by atoms with Crippen LogP contribution in [0.25, 0.3) is 0 Å². The van der Waals surface area contributed by atoms with Crippen LogP contribution in [-0.4, -0.2) is 17.6 Å². The van der Waals surface area contributed by atoms with E-state index >= 15 is 0 Å². The molecule has 2 aromatic carbocycles. The average molecular weight is 401 g/mol. The number of hydrazine groups is 1. The highest BCUT2D eigenvalue weighted by atomic mass is 35.5. The van der Waals surface area contributed by atoms with Crippen molar-refractivity contribution in [3.8, 4) is 0 Å². The van der Waals surface area contributed by atoms with E-state index in [4.69, 9.17) is 23.2 Å². The molecule has 0 saturated carbocycles. The lowest BCUT2D eigenvalue weighted by Crippen LogP contribution is -2.42. The van der Waals surface area contributed by atoms with E-state index in [1.165, 1.54) is 17.8 Å². The molecule has 2 N–H and O–H groups in total. The largest absolute Gasteiger partial charge is 0.273 e. The summed E-state index contributed by atoms with van der Waals surface area (Å²) >= 11 is 13.1. The number of hydrogen-bond acceptors (Lipinski definition) is 3. The van der Waals surface area contributed by atoms with Crippen molar-refractivity contribution in [3.05, 3.63) is 63.9 Å². The van der Waals surface area contributed by atoms with Gasteiger partial charge in [0.2, 0.25) is 11.8 Å². The molecule has 2 rings (SSSR count). The van der Waals surface area contributed by atoms with Crippen molar-refractivity contribution in [1.82, 2.24) is 10.9 Å². The first kappa shape index (κ1) is 19.6. The first-order valence-electron chi connectivity index (χ1n) is 7.34. The molecule has 0 aliphatic carbocycles. The van der Waals surface area contributed by atoms with E-state index in [1.54, 1.807) is 36.4 Å². The summed E-state index contributed by atoms with van der Waals surface area (Å²) in [5.41, 5.74) is 5.06. The summed E-state index contributed by atoms with van der Waals surface area (Å²) in [6, 6.07) is 11.2. The highest BCUT2D eigenvalue weighted by Gasteiger charge is 2.09. The molecular formula is C17H15Cl2FN2O2S. The fraction of sp³-hybridized carbons (Fsp3) is 0.176. The van der Waals surface area contributed by atoms with Crippen LogP contribution in [-0.2, 0) is 16.0 Å². The Balaban J connectivity index is 1.71. The predicted octanol–water partition coefficient (Wildman–Crippen LogP) is 4.00. The van der Waals surface area contributed by atoms with E-state index < -0.39 is 5.91 Å². The lowest BCUT2D eigenvalue weighted by Gasteiger charge is -2.08. The zero-order chi connectivity index (χ0) is 18.2. The van der Waals surface area contributed by atoms with Gasteiger partial charge in [0.1, 0.15) is 5.82 Å². The van der Waals surface area contributed by atoms with Crippen molar-refractivity contribution < 1.29 is 14.0 Å². The summed E-state index contributed by atoms with van der Waals surface area (Å²) < 4.78 is 13.5. The van der Waals surface area contributed by atoms with Crippen molar-refractivity contribution in [2.75, 3.05) is 5.75 Å². The van der Waals surface area contributed by atoms with Crippen LogP contribution in [0.1, 0.15) is 12.0 Å². The van der Waals surface area contributed by atoms with Crippen LogP contribution in [0.3, 0.4) is 0 Å². The summed E-state index contributed by atoms with van der Waals surface area (Å²) in [5, 5.41) is 1.02. The molecule has 0 radical (unpaired) electrons. The van der Waals surface area contributed by atoms with Crippen LogP contribution < -0.4 is 10.9 Å². The van der Waals surface area contributed by atoms with Gasteiger partial charge in [-0.05, 0) is 36.2 Å². The Morgan fingerprint density at radius 2 is 1.76 bits per heavy atom. The maximum absolute atomic E-state index is 13.5. The maximum Gasteiger partial charge on any atom is 0.248 e. The average Bonchev–Trinajstić information content (AvgIpc) is 2.60. The third kappa shape index (κ3) is 6.57. The van der Waals surface area contributed by atoms with Crippen LogP contribution in [0.4, 0.5) is 4.39 Å². The van der Waals surface area contributed by atoms with E-state index in [-0.39, 0.29) is 30.3 Å². The molecule has 4 nitrogen and oxygen atoms in total. The predicted molar refractivity (Wildman–Crippen MR) is 98.2 cm³/mol. The van der Waals surface area contributed by atoms with Gasteiger partial charge in [-0.1, -0.05) is 41.4 Å². The summed E-state index contributed by atoms with van der Waals surface area (Å²) in [6.45, 7) is 0. The fourth-order valence-electron chi connectivity index (χ4n) is 1.92. The van der Waals surface area contributed by atoms with Gasteiger partial charge >= 0.3 is 0 Å². The minimum atomic E-state index is -0.401. The molecule has 0 saturated heterocycles. The lowest BCUT2D eigenvalue weighted by molar-refractivity contribution is -0.127. The molecule has 0 bridgehead atoms. The lowest BCUT2D eigenvalue weighted by atomic mass is 10.1. The first-order valence-corrected chi connectivity index (χ1v) is 9.09. The number of rotatable bonds is 6. The number of aryl methyl sites for hydroxylation is 1. The van der Waals surface area contributed by atoms with E-state index in [1.807, 2.05) is 0 Å². The first-order chi connectivity index (χ1) is 12.0. The van der Waals surface area contributed by atoms with Crippen molar-refractivity contribution in [1.29, 1.82) is 0 Å². The molecule has 0 spiro atoms. The molecule has 0 aliphatic rings. The second-order valence-corrected chi connectivity index (χ2v) is 6.91. The van der Waals surface area contributed by atoms with Crippen LogP contribution in [0.5, 0.6) is 0 Å². The molecule has 0 aromatic heterocycles.